The van der Waals surface area contributed by atoms with Crippen molar-refractivity contribution in [3.8, 4) is 45.8 Å². The van der Waals surface area contributed by atoms with E-state index in [1.165, 1.54) is 50.4 Å². The van der Waals surface area contributed by atoms with Crippen molar-refractivity contribution in [1.29, 1.82) is 0 Å². The molecule has 0 bridgehead atoms. The molecular weight excluding hydrogens is 732 g/mol. The fraction of sp³-hybridized carbons (Fsp3) is 0.351. The number of rotatable bonds is 10. The highest BCUT2D eigenvalue weighted by Crippen LogP contribution is 2.40. The van der Waals surface area contributed by atoms with Crippen molar-refractivity contribution >= 4 is 23.0 Å². The Morgan fingerprint density at radius 2 is 1.53 bits per heavy atom. The van der Waals surface area contributed by atoms with Crippen molar-refractivity contribution in [3.05, 3.63) is 76.5 Å². The fourth-order valence-corrected chi connectivity index (χ4v) is 6.03. The summed E-state index contributed by atoms with van der Waals surface area (Å²) in [7, 11) is 1.28. The number of carbonyl (C=O) groups is 1. The first kappa shape index (κ1) is 39.3. The molecule has 0 amide bonds. The largest absolute Gasteiger partial charge is 0.508 e. The maximum Gasteiger partial charge on any atom is 0.330 e. The number of methoxy groups -OCH3 is 1. The molecule has 294 valence electrons. The molecule has 2 aliphatic heterocycles. The quantitative estimate of drug-likeness (QED) is 0.0788. The van der Waals surface area contributed by atoms with Gasteiger partial charge in [0.25, 0.3) is 0 Å². The Bertz CT molecular complexity index is 2100. The number of phenolic OH excluding ortho intramolecular Hbond substituents is 4. The SMILES string of the molecule is COc1cc(-c2oc3cc(O)cc(O)c3c(=O)c2O[C@H]2O[C@H](C)[C@H](O)[C@H](O)[C@H]2O[C@H]2O[C@H](COC(=O)/C=C/c3ccc(O)cc3)[C@H](O)[C@H](O)[C@H]2O)ccc1O. The number of fused-ring (bicyclic) bond motifs is 1. The Morgan fingerprint density at radius 1 is 0.800 bits per heavy atom. The van der Waals surface area contributed by atoms with E-state index in [-0.39, 0.29) is 34.2 Å². The molecule has 0 saturated carbocycles. The number of phenols is 4. The standard InChI is InChI=1S/C37H38O18/c1-15-27(43)31(47)35(55-36-32(48)30(46)28(44)24(53-36)14-50-25(42)10-5-16-3-7-18(38)8-4-16)37(51-15)54-34-29(45)26-21(41)12-19(39)13-23(26)52-33(34)17-6-9-20(40)22(11-17)49-2/h3-13,15,24,27-28,30-32,35-41,43-44,46-48H,14H2,1-2H3/b10-5+/t15-,24-,27+,28+,30+,31+,32-,35-,36-,37-/m1/s1. The van der Waals surface area contributed by atoms with E-state index in [0.29, 0.717) is 5.56 Å². The molecular formula is C37H38O18. The van der Waals surface area contributed by atoms with Gasteiger partial charge in [0, 0.05) is 23.8 Å². The zero-order valence-electron chi connectivity index (χ0n) is 29.0. The molecule has 0 unspecified atom stereocenters. The number of aromatic hydroxyl groups is 4. The number of carbonyl (C=O) groups excluding carboxylic acids is 1. The van der Waals surface area contributed by atoms with Gasteiger partial charge in [0.15, 0.2) is 29.7 Å². The van der Waals surface area contributed by atoms with E-state index in [1.807, 2.05) is 0 Å². The molecule has 0 aliphatic carbocycles. The van der Waals surface area contributed by atoms with Crippen LogP contribution in [0.5, 0.6) is 34.5 Å². The molecule has 18 nitrogen and oxygen atoms in total. The van der Waals surface area contributed by atoms with Gasteiger partial charge in [0.05, 0.1) is 13.2 Å². The van der Waals surface area contributed by atoms with Gasteiger partial charge < -0.3 is 78.8 Å². The Balaban J connectivity index is 1.29. The van der Waals surface area contributed by atoms with Gasteiger partial charge in [0.1, 0.15) is 71.4 Å². The van der Waals surface area contributed by atoms with Crippen LogP contribution >= 0.6 is 0 Å². The first-order chi connectivity index (χ1) is 26.2. The summed E-state index contributed by atoms with van der Waals surface area (Å²) in [5.74, 6) is -3.24. The molecule has 0 radical (unpaired) electrons. The minimum Gasteiger partial charge on any atom is -0.508 e. The average molecular weight is 771 g/mol. The normalized spacial score (nSPS) is 28.3. The number of ether oxygens (including phenoxy) is 6. The molecule has 0 spiro atoms. The molecule has 2 fully saturated rings. The molecule has 3 aromatic carbocycles. The minimum atomic E-state index is -1.99. The van der Waals surface area contributed by atoms with Gasteiger partial charge in [-0.2, -0.15) is 0 Å². The monoisotopic (exact) mass is 770 g/mol. The van der Waals surface area contributed by atoms with Crippen LogP contribution in [-0.2, 0) is 23.7 Å². The van der Waals surface area contributed by atoms with Crippen LogP contribution in [0.1, 0.15) is 12.5 Å². The molecule has 9 N–H and O–H groups in total. The van der Waals surface area contributed by atoms with E-state index in [1.54, 1.807) is 12.1 Å². The molecule has 18 heteroatoms. The van der Waals surface area contributed by atoms with Crippen molar-refractivity contribution < 1.29 is 83.6 Å². The maximum absolute atomic E-state index is 14.0. The summed E-state index contributed by atoms with van der Waals surface area (Å²) >= 11 is 0. The predicted molar refractivity (Wildman–Crippen MR) is 186 cm³/mol. The summed E-state index contributed by atoms with van der Waals surface area (Å²) < 4.78 is 39.6. The lowest BCUT2D eigenvalue weighted by molar-refractivity contribution is -0.355. The number of benzene rings is 3. The van der Waals surface area contributed by atoms with Crippen molar-refractivity contribution in [3.63, 3.8) is 0 Å². The van der Waals surface area contributed by atoms with E-state index in [0.717, 1.165) is 18.2 Å². The molecule has 1 aromatic heterocycles. The van der Waals surface area contributed by atoms with Crippen LogP contribution in [0.4, 0.5) is 0 Å². The summed E-state index contributed by atoms with van der Waals surface area (Å²) in [6, 6.07) is 11.7. The molecule has 2 aliphatic rings. The first-order valence-electron chi connectivity index (χ1n) is 16.7. The van der Waals surface area contributed by atoms with Gasteiger partial charge in [-0.25, -0.2) is 4.79 Å². The highest BCUT2D eigenvalue weighted by molar-refractivity contribution is 5.88. The lowest BCUT2D eigenvalue weighted by Crippen LogP contribution is -2.64. The van der Waals surface area contributed by atoms with Crippen LogP contribution in [0.2, 0.25) is 0 Å². The second-order valence-electron chi connectivity index (χ2n) is 12.8. The molecule has 4 aromatic rings. The van der Waals surface area contributed by atoms with Crippen LogP contribution in [0.3, 0.4) is 0 Å². The van der Waals surface area contributed by atoms with Gasteiger partial charge >= 0.3 is 5.97 Å². The van der Waals surface area contributed by atoms with Crippen molar-refractivity contribution in [2.45, 2.75) is 68.3 Å². The third kappa shape index (κ3) is 8.16. The van der Waals surface area contributed by atoms with Crippen LogP contribution in [-0.4, -0.2) is 127 Å². The van der Waals surface area contributed by atoms with E-state index >= 15 is 0 Å². The van der Waals surface area contributed by atoms with Gasteiger partial charge in [-0.15, -0.1) is 0 Å². The van der Waals surface area contributed by atoms with Gasteiger partial charge in [0.2, 0.25) is 17.5 Å². The van der Waals surface area contributed by atoms with Crippen LogP contribution in [0, 0.1) is 0 Å². The number of hydrogen-bond acceptors (Lipinski definition) is 18. The highest BCUT2D eigenvalue weighted by Gasteiger charge is 2.51. The van der Waals surface area contributed by atoms with Gasteiger partial charge in [-0.05, 0) is 48.9 Å². The van der Waals surface area contributed by atoms with Crippen molar-refractivity contribution in [1.82, 2.24) is 0 Å². The molecule has 55 heavy (non-hydrogen) atoms. The molecule has 2 saturated heterocycles. The van der Waals surface area contributed by atoms with E-state index in [4.69, 9.17) is 32.8 Å². The summed E-state index contributed by atoms with van der Waals surface area (Å²) in [6.07, 6.45) is -15.0. The number of hydrogen-bond donors (Lipinski definition) is 9. The van der Waals surface area contributed by atoms with Crippen LogP contribution in [0.25, 0.3) is 28.4 Å². The van der Waals surface area contributed by atoms with E-state index < -0.39 is 102 Å². The third-order valence-corrected chi connectivity index (χ3v) is 9.03. The summed E-state index contributed by atoms with van der Waals surface area (Å²) in [6.45, 7) is 0.722. The molecule has 3 heterocycles. The lowest BCUT2D eigenvalue weighted by Gasteiger charge is -2.45. The molecule has 6 rings (SSSR count). The zero-order chi connectivity index (χ0) is 39.7. The number of aliphatic hydroxyl groups is 5. The fourth-order valence-electron chi connectivity index (χ4n) is 6.03. The maximum atomic E-state index is 14.0. The minimum absolute atomic E-state index is 0.0244. The Hall–Kier alpha value is -5.44. The topological polar surface area (TPSA) is 285 Å². The highest BCUT2D eigenvalue weighted by atomic mass is 16.8. The summed E-state index contributed by atoms with van der Waals surface area (Å²) in [4.78, 5) is 26.4. The second kappa shape index (κ2) is 16.1. The molecule has 10 atom stereocenters. The van der Waals surface area contributed by atoms with Crippen molar-refractivity contribution in [2.75, 3.05) is 13.7 Å². The summed E-state index contributed by atoms with van der Waals surface area (Å²) in [5, 5.41) is 94.1. The first-order valence-corrected chi connectivity index (χ1v) is 16.7. The van der Waals surface area contributed by atoms with Crippen LogP contribution in [0.15, 0.2) is 69.9 Å². The Kier molecular flexibility index (Phi) is 11.5. The smallest absolute Gasteiger partial charge is 0.330 e. The average Bonchev–Trinajstić information content (AvgIpc) is 3.15. The number of esters is 1. The number of aliphatic hydroxyl groups excluding tert-OH is 5. The zero-order valence-corrected chi connectivity index (χ0v) is 29.0. The summed E-state index contributed by atoms with van der Waals surface area (Å²) in [5.41, 5.74) is -0.617. The Morgan fingerprint density at radius 3 is 2.24 bits per heavy atom. The van der Waals surface area contributed by atoms with Gasteiger partial charge in [-0.1, -0.05) is 12.1 Å². The second-order valence-corrected chi connectivity index (χ2v) is 12.8. The Labute approximate surface area is 310 Å². The van der Waals surface area contributed by atoms with Crippen LogP contribution < -0.4 is 14.9 Å². The lowest BCUT2D eigenvalue weighted by atomic mass is 9.97. The third-order valence-electron chi connectivity index (χ3n) is 9.03. The van der Waals surface area contributed by atoms with Crippen molar-refractivity contribution in [2.24, 2.45) is 0 Å². The predicted octanol–water partition coefficient (Wildman–Crippen LogP) is 0.586. The van der Waals surface area contributed by atoms with E-state index in [9.17, 15) is 55.5 Å². The van der Waals surface area contributed by atoms with Gasteiger partial charge in [-0.3, -0.25) is 4.79 Å². The van der Waals surface area contributed by atoms with E-state index in [2.05, 4.69) is 0 Å².